The largest absolute Gasteiger partial charge is 0.505 e. The Morgan fingerprint density at radius 2 is 1.74 bits per heavy atom. The van der Waals surface area contributed by atoms with Crippen molar-refractivity contribution in [2.45, 2.75) is 25.2 Å². The van der Waals surface area contributed by atoms with Crippen LogP contribution in [0.25, 0.3) is 10.8 Å². The van der Waals surface area contributed by atoms with Gasteiger partial charge in [0.05, 0.1) is 27.9 Å². The lowest BCUT2D eigenvalue weighted by molar-refractivity contribution is 0.102. The minimum Gasteiger partial charge on any atom is -0.505 e. The monoisotopic (exact) mass is 587 g/mol. The molecule has 4 aromatic carbocycles. The summed E-state index contributed by atoms with van der Waals surface area (Å²) in [6.07, 6.45) is 0.505. The number of benzene rings is 4. The van der Waals surface area contributed by atoms with Crippen LogP contribution in [0.15, 0.2) is 75.8 Å². The molecule has 0 unspecified atom stereocenters. The zero-order valence-electron chi connectivity index (χ0n) is 20.8. The van der Waals surface area contributed by atoms with Gasteiger partial charge in [-0.25, -0.2) is 0 Å². The summed E-state index contributed by atoms with van der Waals surface area (Å²) in [6, 6.07) is 15.9. The van der Waals surface area contributed by atoms with E-state index >= 15 is 0 Å². The Morgan fingerprint density at radius 3 is 2.44 bits per heavy atom. The lowest BCUT2D eigenvalue weighted by atomic mass is 10.0. The van der Waals surface area contributed by atoms with Gasteiger partial charge in [0, 0.05) is 11.5 Å². The molecule has 9 nitrogen and oxygen atoms in total. The molecule has 0 saturated carbocycles. The molecule has 4 aromatic rings. The van der Waals surface area contributed by atoms with Gasteiger partial charge in [0.1, 0.15) is 22.0 Å². The lowest BCUT2D eigenvalue weighted by Crippen LogP contribution is -2.12. The fourth-order valence-electron chi connectivity index (χ4n) is 3.91. The van der Waals surface area contributed by atoms with E-state index in [-0.39, 0.29) is 32.7 Å². The smallest absolute Gasteiger partial charge is 0.298 e. The average Bonchev–Trinajstić information content (AvgIpc) is 2.88. The molecule has 0 heterocycles. The second-order valence-corrected chi connectivity index (χ2v) is 10.5. The van der Waals surface area contributed by atoms with Crippen LogP contribution in [0.2, 0.25) is 10.0 Å². The van der Waals surface area contributed by atoms with E-state index in [1.807, 2.05) is 13.8 Å². The Labute approximate surface area is 234 Å². The van der Waals surface area contributed by atoms with Crippen molar-refractivity contribution in [2.75, 3.05) is 11.9 Å². The van der Waals surface area contributed by atoms with Crippen LogP contribution in [0.4, 0.5) is 17.1 Å². The van der Waals surface area contributed by atoms with Crippen LogP contribution >= 0.6 is 23.2 Å². The molecule has 0 fully saturated rings. The fourth-order valence-corrected chi connectivity index (χ4v) is 5.27. The number of fused-ring (bicyclic) bond motifs is 1. The molecule has 0 spiro atoms. The van der Waals surface area contributed by atoms with Gasteiger partial charge < -0.3 is 15.2 Å². The molecule has 1 amide bonds. The van der Waals surface area contributed by atoms with E-state index < -0.39 is 26.7 Å². The van der Waals surface area contributed by atoms with Crippen molar-refractivity contribution in [2.24, 2.45) is 10.2 Å². The van der Waals surface area contributed by atoms with Crippen molar-refractivity contribution in [1.82, 2.24) is 0 Å². The zero-order chi connectivity index (χ0) is 28.3. The van der Waals surface area contributed by atoms with E-state index in [2.05, 4.69) is 15.5 Å². The summed E-state index contributed by atoms with van der Waals surface area (Å²) in [5.74, 6) is -0.685. The molecule has 39 heavy (non-hydrogen) atoms. The summed E-state index contributed by atoms with van der Waals surface area (Å²) in [4.78, 5) is 12.6. The van der Waals surface area contributed by atoms with E-state index in [4.69, 9.17) is 27.9 Å². The number of ether oxygens (including phenoxy) is 1. The summed E-state index contributed by atoms with van der Waals surface area (Å²) in [5.41, 5.74) is 0.476. The van der Waals surface area contributed by atoms with Gasteiger partial charge in [-0.2, -0.15) is 8.42 Å². The third-order valence-corrected chi connectivity index (χ3v) is 7.43. The second-order valence-electron chi connectivity index (χ2n) is 8.33. The highest BCUT2D eigenvalue weighted by Gasteiger charge is 2.23. The number of aryl methyl sites for hydroxylation is 1. The number of nitrogens with one attached hydrogen (secondary N) is 1. The van der Waals surface area contributed by atoms with Crippen molar-refractivity contribution >= 4 is 67.1 Å². The van der Waals surface area contributed by atoms with Crippen molar-refractivity contribution in [3.63, 3.8) is 0 Å². The van der Waals surface area contributed by atoms with E-state index in [9.17, 15) is 22.9 Å². The maximum atomic E-state index is 13.3. The van der Waals surface area contributed by atoms with Crippen LogP contribution in [-0.4, -0.2) is 30.6 Å². The maximum Gasteiger partial charge on any atom is 0.298 e. The Kier molecular flexibility index (Phi) is 8.41. The molecule has 0 atom stereocenters. The maximum absolute atomic E-state index is 13.3. The highest BCUT2D eigenvalue weighted by Crippen LogP contribution is 2.41. The van der Waals surface area contributed by atoms with Crippen LogP contribution in [0.5, 0.6) is 11.5 Å². The normalized spacial score (nSPS) is 11.7. The molecule has 0 bridgehead atoms. The standard InChI is InChI=1S/C27H23Cl2N3O6S/c1-3-15-11-21(29)26(39(35,36)37)23(12-15)31-32-24-18-8-6-5-7-16(18)13-19(25(24)33)27(34)30-22-14-17(38-4-2)9-10-20(22)28/h5-14,33H,3-4H2,1-2H3,(H,30,34)(H,35,36,37). The van der Waals surface area contributed by atoms with E-state index in [0.717, 1.165) is 0 Å². The van der Waals surface area contributed by atoms with Gasteiger partial charge in [0.15, 0.2) is 5.75 Å². The molecule has 0 radical (unpaired) electrons. The van der Waals surface area contributed by atoms with Crippen molar-refractivity contribution in [3.05, 3.63) is 81.8 Å². The van der Waals surface area contributed by atoms with Gasteiger partial charge in [-0.1, -0.05) is 54.4 Å². The average molecular weight is 588 g/mol. The highest BCUT2D eigenvalue weighted by molar-refractivity contribution is 7.86. The van der Waals surface area contributed by atoms with Gasteiger partial charge in [-0.05, 0) is 54.6 Å². The van der Waals surface area contributed by atoms with Crippen LogP contribution < -0.4 is 10.1 Å². The molecule has 12 heteroatoms. The van der Waals surface area contributed by atoms with E-state index in [1.54, 1.807) is 42.5 Å². The van der Waals surface area contributed by atoms with E-state index in [0.29, 0.717) is 35.1 Å². The fraction of sp³-hybridized carbons (Fsp3) is 0.148. The topological polar surface area (TPSA) is 138 Å². The van der Waals surface area contributed by atoms with Crippen LogP contribution in [-0.2, 0) is 16.5 Å². The number of carbonyl (C=O) groups is 1. The summed E-state index contributed by atoms with van der Waals surface area (Å²) < 4.78 is 39.2. The Morgan fingerprint density at radius 1 is 1.00 bits per heavy atom. The number of amides is 1. The third-order valence-electron chi connectivity index (χ3n) is 5.74. The number of rotatable bonds is 8. The van der Waals surface area contributed by atoms with Crippen LogP contribution in [0.1, 0.15) is 29.8 Å². The molecule has 3 N–H and O–H groups in total. The van der Waals surface area contributed by atoms with Gasteiger partial charge >= 0.3 is 0 Å². The molecule has 0 saturated heterocycles. The first-order chi connectivity index (χ1) is 18.5. The minimum absolute atomic E-state index is 0.0910. The minimum atomic E-state index is -4.75. The number of phenols is 1. The Bertz CT molecular complexity index is 1720. The molecule has 0 aromatic heterocycles. The zero-order valence-corrected chi connectivity index (χ0v) is 23.1. The van der Waals surface area contributed by atoms with Gasteiger partial charge in [0.25, 0.3) is 16.0 Å². The van der Waals surface area contributed by atoms with Crippen LogP contribution in [0, 0.1) is 0 Å². The number of carbonyl (C=O) groups excluding carboxylic acids is 1. The first kappa shape index (κ1) is 28.3. The number of hydrogen-bond donors (Lipinski definition) is 3. The highest BCUT2D eigenvalue weighted by atomic mass is 35.5. The van der Waals surface area contributed by atoms with Crippen molar-refractivity contribution < 1.29 is 27.6 Å². The lowest BCUT2D eigenvalue weighted by Gasteiger charge is -2.13. The molecule has 0 aliphatic carbocycles. The predicted molar refractivity (Wildman–Crippen MR) is 151 cm³/mol. The number of azo groups is 1. The number of hydrogen-bond acceptors (Lipinski definition) is 7. The Balaban J connectivity index is 1.83. The first-order valence-corrected chi connectivity index (χ1v) is 13.9. The summed E-state index contributed by atoms with van der Waals surface area (Å²) in [6.45, 7) is 4.07. The number of halogens is 2. The van der Waals surface area contributed by atoms with Gasteiger partial charge in [-0.15, -0.1) is 10.2 Å². The molecule has 4 rings (SSSR count). The SMILES string of the molecule is CCOc1ccc(Cl)c(NC(=O)c2cc3ccccc3c(N=Nc3cc(CC)cc(Cl)c3S(=O)(=O)O)c2O)c1. The molecular weight excluding hydrogens is 565 g/mol. The second kappa shape index (κ2) is 11.6. The predicted octanol–water partition coefficient (Wildman–Crippen LogP) is 7.73. The third kappa shape index (κ3) is 6.15. The van der Waals surface area contributed by atoms with Crippen molar-refractivity contribution in [1.29, 1.82) is 0 Å². The van der Waals surface area contributed by atoms with Gasteiger partial charge in [0.2, 0.25) is 0 Å². The summed E-state index contributed by atoms with van der Waals surface area (Å²) in [7, 11) is -4.75. The Hall–Kier alpha value is -3.70. The number of anilines is 1. The number of aromatic hydroxyl groups is 1. The van der Waals surface area contributed by atoms with E-state index in [1.165, 1.54) is 18.2 Å². The molecule has 0 aliphatic heterocycles. The first-order valence-electron chi connectivity index (χ1n) is 11.7. The van der Waals surface area contributed by atoms with Crippen molar-refractivity contribution in [3.8, 4) is 11.5 Å². The van der Waals surface area contributed by atoms with Gasteiger partial charge in [-0.3, -0.25) is 9.35 Å². The summed E-state index contributed by atoms with van der Waals surface area (Å²) >= 11 is 12.4. The molecular formula is C27H23Cl2N3O6S. The number of nitrogens with zero attached hydrogens (tertiary/aromatic N) is 2. The molecule has 202 valence electrons. The summed E-state index contributed by atoms with van der Waals surface area (Å²) in [5, 5.41) is 23.0. The quantitative estimate of drug-likeness (QED) is 0.142. The molecule has 0 aliphatic rings. The number of phenolic OH excluding ortho intramolecular Hbond substituents is 1. The van der Waals surface area contributed by atoms with Crippen LogP contribution in [0.3, 0.4) is 0 Å².